The molecule has 3 rings (SSSR count). The summed E-state index contributed by atoms with van der Waals surface area (Å²) in [6, 6.07) is 6.52. The Morgan fingerprint density at radius 2 is 1.93 bits per heavy atom. The van der Waals surface area contributed by atoms with Crippen molar-refractivity contribution < 1.29 is 31.2 Å². The number of nitrogens with zero attached hydrogens (tertiary/aromatic N) is 3. The molecule has 27 heavy (non-hydrogen) atoms. The number of rotatable bonds is 5. The van der Waals surface area contributed by atoms with Crippen molar-refractivity contribution in [2.45, 2.75) is 17.2 Å². The van der Waals surface area contributed by atoms with Gasteiger partial charge >= 0.3 is 6.18 Å². The molecule has 12 heteroatoms. The Hall–Kier alpha value is -2.73. The smallest absolute Gasteiger partial charge is 0.417 e. The number of hydrogen-bond donors (Lipinski definition) is 0. The summed E-state index contributed by atoms with van der Waals surface area (Å²) in [6.45, 7) is -0.0958. The zero-order valence-electron chi connectivity index (χ0n) is 13.5. The van der Waals surface area contributed by atoms with Crippen LogP contribution in [0.1, 0.15) is 5.56 Å². The molecule has 0 radical (unpaired) electrons. The van der Waals surface area contributed by atoms with Gasteiger partial charge in [0.25, 0.3) is 5.69 Å². The van der Waals surface area contributed by atoms with Gasteiger partial charge in [0.2, 0.25) is 15.9 Å². The van der Waals surface area contributed by atoms with Crippen LogP contribution in [-0.2, 0) is 16.2 Å². The Bertz CT molecular complexity index is 957. The molecule has 0 atom stereocenters. The summed E-state index contributed by atoms with van der Waals surface area (Å²) >= 11 is 0. The molecule has 0 unspecified atom stereocenters. The topological polar surface area (TPSA) is 103 Å². The molecule has 144 valence electrons. The van der Waals surface area contributed by atoms with Gasteiger partial charge in [-0.3, -0.25) is 10.1 Å². The minimum absolute atomic E-state index is 0.0479. The molecule has 1 aromatic carbocycles. The minimum atomic E-state index is -4.51. The molecule has 2 heterocycles. The van der Waals surface area contributed by atoms with E-state index in [-0.39, 0.29) is 29.6 Å². The largest absolute Gasteiger partial charge is 0.472 e. The van der Waals surface area contributed by atoms with Crippen LogP contribution in [0, 0.1) is 10.1 Å². The Kier molecular flexibility index (Phi) is 4.78. The van der Waals surface area contributed by atoms with E-state index < -0.39 is 32.8 Å². The third kappa shape index (κ3) is 4.01. The SMILES string of the molecule is O=[N+]([O-])c1cccc(S(=O)(=O)N2CC(Oc3ccc(C(F)(F)F)cn3)C2)c1. The first-order chi connectivity index (χ1) is 12.6. The van der Waals surface area contributed by atoms with Gasteiger partial charge in [0.1, 0.15) is 6.10 Å². The van der Waals surface area contributed by atoms with Gasteiger partial charge < -0.3 is 4.74 Å². The third-order valence-corrected chi connectivity index (χ3v) is 5.66. The summed E-state index contributed by atoms with van der Waals surface area (Å²) in [5.41, 5.74) is -1.27. The quantitative estimate of drug-likeness (QED) is 0.561. The minimum Gasteiger partial charge on any atom is -0.472 e. The van der Waals surface area contributed by atoms with E-state index in [1.807, 2.05) is 0 Å². The zero-order chi connectivity index (χ0) is 19.8. The summed E-state index contributed by atoms with van der Waals surface area (Å²) < 4.78 is 68.8. The molecule has 0 amide bonds. The maximum absolute atomic E-state index is 12.5. The van der Waals surface area contributed by atoms with Gasteiger partial charge in [-0.2, -0.15) is 17.5 Å². The number of nitro groups is 1. The van der Waals surface area contributed by atoms with Crippen molar-refractivity contribution in [3.05, 3.63) is 58.3 Å². The number of nitro benzene ring substituents is 1. The number of non-ortho nitro benzene ring substituents is 1. The molecule has 0 N–H and O–H groups in total. The maximum Gasteiger partial charge on any atom is 0.417 e. The highest BCUT2D eigenvalue weighted by molar-refractivity contribution is 7.89. The summed E-state index contributed by atoms with van der Waals surface area (Å²) in [5.74, 6) is -0.0552. The van der Waals surface area contributed by atoms with E-state index >= 15 is 0 Å². The van der Waals surface area contributed by atoms with Gasteiger partial charge in [-0.1, -0.05) is 6.07 Å². The third-order valence-electron chi connectivity index (χ3n) is 3.83. The highest BCUT2D eigenvalue weighted by atomic mass is 32.2. The number of sulfonamides is 1. The Balaban J connectivity index is 1.63. The second kappa shape index (κ2) is 6.78. The Morgan fingerprint density at radius 3 is 2.48 bits per heavy atom. The average Bonchev–Trinajstić information content (AvgIpc) is 2.57. The molecule has 1 aliphatic heterocycles. The molecule has 1 aromatic heterocycles. The first-order valence-electron chi connectivity index (χ1n) is 7.52. The fourth-order valence-corrected chi connectivity index (χ4v) is 3.91. The van der Waals surface area contributed by atoms with E-state index in [0.717, 1.165) is 22.5 Å². The number of aromatic nitrogens is 1. The summed E-state index contributed by atoms with van der Waals surface area (Å²) in [4.78, 5) is 13.4. The number of pyridine rings is 1. The second-order valence-corrected chi connectivity index (χ2v) is 7.64. The lowest BCUT2D eigenvalue weighted by atomic mass is 10.2. The van der Waals surface area contributed by atoms with Crippen LogP contribution < -0.4 is 4.74 Å². The highest BCUT2D eigenvalue weighted by Gasteiger charge is 2.39. The molecule has 8 nitrogen and oxygen atoms in total. The molecule has 0 bridgehead atoms. The molecular formula is C15H12F3N3O5S. The van der Waals surface area contributed by atoms with Crippen LogP contribution in [0.2, 0.25) is 0 Å². The fraction of sp³-hybridized carbons (Fsp3) is 0.267. The normalized spacial score (nSPS) is 16.0. The molecule has 1 fully saturated rings. The Morgan fingerprint density at radius 1 is 1.22 bits per heavy atom. The molecule has 1 aliphatic rings. The number of benzene rings is 1. The Labute approximate surface area is 151 Å². The average molecular weight is 403 g/mol. The van der Waals surface area contributed by atoms with Gasteiger partial charge in [-0.15, -0.1) is 0 Å². The van der Waals surface area contributed by atoms with Crippen LogP contribution in [0.5, 0.6) is 5.88 Å². The van der Waals surface area contributed by atoms with E-state index in [4.69, 9.17) is 4.74 Å². The molecule has 0 spiro atoms. The van der Waals surface area contributed by atoms with E-state index in [1.165, 1.54) is 18.2 Å². The van der Waals surface area contributed by atoms with Crippen LogP contribution in [0.15, 0.2) is 47.5 Å². The van der Waals surface area contributed by atoms with Crippen molar-refractivity contribution in [3.8, 4) is 5.88 Å². The van der Waals surface area contributed by atoms with Gasteiger partial charge in [-0.05, 0) is 12.1 Å². The second-order valence-electron chi connectivity index (χ2n) is 5.70. The van der Waals surface area contributed by atoms with E-state index in [9.17, 15) is 31.7 Å². The first-order valence-corrected chi connectivity index (χ1v) is 8.96. The number of alkyl halides is 3. The lowest BCUT2D eigenvalue weighted by Crippen LogP contribution is -2.56. The standard InChI is InChI=1S/C15H12F3N3O5S/c16-15(17,18)10-4-5-14(19-7-10)26-12-8-20(9-12)27(24,25)13-3-1-2-11(6-13)21(22)23/h1-7,12H,8-9H2. The summed E-state index contributed by atoms with van der Waals surface area (Å²) in [7, 11) is -3.93. The lowest BCUT2D eigenvalue weighted by Gasteiger charge is -2.37. The predicted molar refractivity (Wildman–Crippen MR) is 85.5 cm³/mol. The van der Waals surface area contributed by atoms with Crippen LogP contribution in [0.3, 0.4) is 0 Å². The van der Waals surface area contributed by atoms with Gasteiger partial charge in [-0.25, -0.2) is 13.4 Å². The van der Waals surface area contributed by atoms with Crippen LogP contribution in [0.25, 0.3) is 0 Å². The van der Waals surface area contributed by atoms with Crippen molar-refractivity contribution in [2.24, 2.45) is 0 Å². The van der Waals surface area contributed by atoms with Crippen LogP contribution >= 0.6 is 0 Å². The first kappa shape index (κ1) is 19.0. The van der Waals surface area contributed by atoms with Gasteiger partial charge in [0, 0.05) is 24.4 Å². The molecule has 0 aliphatic carbocycles. The van der Waals surface area contributed by atoms with Crippen molar-refractivity contribution in [1.82, 2.24) is 9.29 Å². The van der Waals surface area contributed by atoms with E-state index in [2.05, 4.69) is 4.98 Å². The maximum atomic E-state index is 12.5. The van der Waals surface area contributed by atoms with Crippen molar-refractivity contribution in [3.63, 3.8) is 0 Å². The predicted octanol–water partition coefficient (Wildman–Crippen LogP) is 2.46. The van der Waals surface area contributed by atoms with E-state index in [0.29, 0.717) is 6.20 Å². The monoisotopic (exact) mass is 403 g/mol. The zero-order valence-corrected chi connectivity index (χ0v) is 14.3. The number of hydrogen-bond acceptors (Lipinski definition) is 6. The van der Waals surface area contributed by atoms with E-state index in [1.54, 1.807) is 0 Å². The van der Waals surface area contributed by atoms with Crippen LogP contribution in [-0.4, -0.2) is 41.8 Å². The number of ether oxygens (including phenoxy) is 1. The number of halogens is 3. The fourth-order valence-electron chi connectivity index (χ4n) is 2.37. The summed E-state index contributed by atoms with van der Waals surface area (Å²) in [6.07, 6.45) is -4.46. The van der Waals surface area contributed by atoms with Gasteiger partial charge in [0.05, 0.1) is 28.5 Å². The molecule has 0 saturated carbocycles. The molecule has 1 saturated heterocycles. The van der Waals surface area contributed by atoms with Gasteiger partial charge in [0.15, 0.2) is 0 Å². The molecular weight excluding hydrogens is 391 g/mol. The van der Waals surface area contributed by atoms with Crippen molar-refractivity contribution in [1.29, 1.82) is 0 Å². The summed E-state index contributed by atoms with van der Waals surface area (Å²) in [5, 5.41) is 10.8. The molecule has 2 aromatic rings. The van der Waals surface area contributed by atoms with Crippen molar-refractivity contribution in [2.75, 3.05) is 13.1 Å². The van der Waals surface area contributed by atoms with Crippen LogP contribution in [0.4, 0.5) is 18.9 Å². The lowest BCUT2D eigenvalue weighted by molar-refractivity contribution is -0.385. The van der Waals surface area contributed by atoms with Crippen molar-refractivity contribution >= 4 is 15.7 Å². The highest BCUT2D eigenvalue weighted by Crippen LogP contribution is 2.30.